The average Bonchev–Trinajstić information content (AvgIpc) is 2.46. The van der Waals surface area contributed by atoms with Crippen LogP contribution in [0.15, 0.2) is 0 Å². The van der Waals surface area contributed by atoms with Crippen LogP contribution in [0.1, 0.15) is 53.9 Å². The maximum atomic E-state index is 5.83. The summed E-state index contributed by atoms with van der Waals surface area (Å²) in [6.45, 7) is 16.1. The van der Waals surface area contributed by atoms with Gasteiger partial charge < -0.3 is 15.0 Å². The Balaban J connectivity index is 1.77. The van der Waals surface area contributed by atoms with E-state index in [1.807, 2.05) is 0 Å². The van der Waals surface area contributed by atoms with Gasteiger partial charge >= 0.3 is 0 Å². The van der Waals surface area contributed by atoms with Gasteiger partial charge in [0.1, 0.15) is 0 Å². The van der Waals surface area contributed by atoms with E-state index in [0.717, 1.165) is 12.5 Å². The van der Waals surface area contributed by atoms with Crippen molar-refractivity contribution in [3.63, 3.8) is 0 Å². The Morgan fingerprint density at radius 2 is 1.90 bits per heavy atom. The van der Waals surface area contributed by atoms with Crippen LogP contribution in [-0.4, -0.2) is 49.3 Å². The second-order valence-electron chi connectivity index (χ2n) is 7.28. The van der Waals surface area contributed by atoms with Gasteiger partial charge in [-0.2, -0.15) is 0 Å². The minimum atomic E-state index is 0.286. The van der Waals surface area contributed by atoms with E-state index in [1.165, 1.54) is 38.9 Å². The smallest absolute Gasteiger partial charge is 0.0655 e. The molecule has 0 spiro atoms. The highest BCUT2D eigenvalue weighted by atomic mass is 16.5. The minimum Gasteiger partial charge on any atom is -0.378 e. The molecule has 2 fully saturated rings. The van der Waals surface area contributed by atoms with Crippen LogP contribution in [-0.2, 0) is 4.74 Å². The van der Waals surface area contributed by atoms with Gasteiger partial charge in [-0.1, -0.05) is 20.8 Å². The highest BCUT2D eigenvalue weighted by Gasteiger charge is 2.49. The van der Waals surface area contributed by atoms with Crippen molar-refractivity contribution in [3.05, 3.63) is 0 Å². The lowest BCUT2D eigenvalue weighted by molar-refractivity contribution is -0.117. The Kier molecular flexibility index (Phi) is 5.49. The number of piperidine rings is 1. The van der Waals surface area contributed by atoms with Gasteiger partial charge in [-0.3, -0.25) is 0 Å². The van der Waals surface area contributed by atoms with Crippen LogP contribution in [0.5, 0.6) is 0 Å². The Morgan fingerprint density at radius 3 is 2.40 bits per heavy atom. The van der Waals surface area contributed by atoms with Crippen LogP contribution in [0.3, 0.4) is 0 Å². The topological polar surface area (TPSA) is 24.5 Å². The maximum absolute atomic E-state index is 5.83. The molecular formula is C17H34N2O. The molecule has 0 amide bonds. The lowest BCUT2D eigenvalue weighted by Gasteiger charge is -2.53. The molecule has 0 radical (unpaired) electrons. The molecule has 3 nitrogen and oxygen atoms in total. The van der Waals surface area contributed by atoms with Gasteiger partial charge in [0, 0.05) is 24.1 Å². The molecule has 0 aromatic heterocycles. The first-order chi connectivity index (χ1) is 9.48. The van der Waals surface area contributed by atoms with Crippen LogP contribution in [0.2, 0.25) is 0 Å². The first kappa shape index (κ1) is 16.3. The molecule has 1 heterocycles. The number of ether oxygens (including phenoxy) is 1. The molecule has 3 unspecified atom stereocenters. The zero-order valence-corrected chi connectivity index (χ0v) is 14.1. The molecule has 118 valence electrons. The average molecular weight is 282 g/mol. The van der Waals surface area contributed by atoms with Crippen molar-refractivity contribution in [2.24, 2.45) is 11.3 Å². The van der Waals surface area contributed by atoms with Crippen molar-refractivity contribution in [3.8, 4) is 0 Å². The predicted octanol–water partition coefficient (Wildman–Crippen LogP) is 2.90. The van der Waals surface area contributed by atoms with Gasteiger partial charge in [0.05, 0.1) is 6.10 Å². The highest BCUT2D eigenvalue weighted by molar-refractivity contribution is 5.04. The summed E-state index contributed by atoms with van der Waals surface area (Å²) in [7, 11) is 0. The van der Waals surface area contributed by atoms with Gasteiger partial charge in [-0.25, -0.2) is 0 Å². The maximum Gasteiger partial charge on any atom is 0.0655 e. The first-order valence-corrected chi connectivity index (χ1v) is 8.59. The summed E-state index contributed by atoms with van der Waals surface area (Å²) in [4.78, 5) is 2.57. The summed E-state index contributed by atoms with van der Waals surface area (Å²) in [6, 6.07) is 1.26. The lowest BCUT2D eigenvalue weighted by atomic mass is 9.64. The van der Waals surface area contributed by atoms with E-state index in [4.69, 9.17) is 4.74 Å². The molecule has 1 aliphatic heterocycles. The quantitative estimate of drug-likeness (QED) is 0.811. The number of nitrogens with zero attached hydrogens (tertiary/aromatic N) is 1. The molecule has 1 N–H and O–H groups in total. The van der Waals surface area contributed by atoms with Crippen molar-refractivity contribution in [1.29, 1.82) is 0 Å². The number of hydrogen-bond donors (Lipinski definition) is 1. The van der Waals surface area contributed by atoms with Crippen molar-refractivity contribution in [2.45, 2.75) is 72.1 Å². The Hall–Kier alpha value is -0.120. The van der Waals surface area contributed by atoms with Crippen LogP contribution in [0.25, 0.3) is 0 Å². The van der Waals surface area contributed by atoms with Crippen molar-refractivity contribution in [1.82, 2.24) is 10.2 Å². The second kappa shape index (κ2) is 6.76. The molecule has 20 heavy (non-hydrogen) atoms. The number of likely N-dealkylation sites (tertiary alicyclic amines) is 1. The fourth-order valence-electron chi connectivity index (χ4n) is 3.87. The van der Waals surface area contributed by atoms with Crippen LogP contribution in [0.4, 0.5) is 0 Å². The fraction of sp³-hybridized carbons (Fsp3) is 1.00. The van der Waals surface area contributed by atoms with Crippen molar-refractivity contribution in [2.75, 3.05) is 26.2 Å². The molecule has 0 aromatic rings. The largest absolute Gasteiger partial charge is 0.378 e. The number of nitrogens with one attached hydrogen (secondary N) is 1. The monoisotopic (exact) mass is 282 g/mol. The Morgan fingerprint density at radius 1 is 1.25 bits per heavy atom. The Labute approximate surface area is 125 Å². The lowest BCUT2D eigenvalue weighted by Crippen LogP contribution is -2.63. The summed E-state index contributed by atoms with van der Waals surface area (Å²) >= 11 is 0. The summed E-state index contributed by atoms with van der Waals surface area (Å²) in [5, 5.41) is 3.90. The zero-order chi connectivity index (χ0) is 14.8. The standard InChI is InChI=1S/C17H34N2O/c1-6-19-10-8-14(9-11-19)13(3)18-15-12-16(20-7-2)17(15,4)5/h13-16,18H,6-12H2,1-5H3. The summed E-state index contributed by atoms with van der Waals surface area (Å²) in [6.07, 6.45) is 4.33. The molecular weight excluding hydrogens is 248 g/mol. The van der Waals surface area contributed by atoms with Crippen LogP contribution < -0.4 is 5.32 Å². The van der Waals surface area contributed by atoms with E-state index in [1.54, 1.807) is 0 Å². The van der Waals surface area contributed by atoms with E-state index >= 15 is 0 Å². The molecule has 1 saturated carbocycles. The van der Waals surface area contributed by atoms with E-state index in [0.29, 0.717) is 18.2 Å². The number of hydrogen-bond acceptors (Lipinski definition) is 3. The molecule has 2 aliphatic rings. The van der Waals surface area contributed by atoms with Gasteiger partial charge in [-0.15, -0.1) is 0 Å². The van der Waals surface area contributed by atoms with Crippen LogP contribution in [0, 0.1) is 11.3 Å². The third-order valence-electron chi connectivity index (χ3n) is 5.80. The van der Waals surface area contributed by atoms with Crippen LogP contribution >= 0.6 is 0 Å². The SMILES string of the molecule is CCOC1CC(NC(C)C2CCN(CC)CC2)C1(C)C. The van der Waals surface area contributed by atoms with E-state index in [9.17, 15) is 0 Å². The van der Waals surface area contributed by atoms with Gasteiger partial charge in [0.2, 0.25) is 0 Å². The van der Waals surface area contributed by atoms with E-state index in [2.05, 4.69) is 44.8 Å². The molecule has 1 saturated heterocycles. The normalized spacial score (nSPS) is 32.9. The van der Waals surface area contributed by atoms with Crippen molar-refractivity contribution >= 4 is 0 Å². The van der Waals surface area contributed by atoms with Gasteiger partial charge in [0.15, 0.2) is 0 Å². The zero-order valence-electron chi connectivity index (χ0n) is 14.1. The summed E-state index contributed by atoms with van der Waals surface area (Å²) in [5.74, 6) is 0.847. The molecule has 0 aromatic carbocycles. The van der Waals surface area contributed by atoms with Gasteiger partial charge in [-0.05, 0) is 58.7 Å². The van der Waals surface area contributed by atoms with E-state index in [-0.39, 0.29) is 5.41 Å². The number of rotatable bonds is 6. The van der Waals surface area contributed by atoms with Gasteiger partial charge in [0.25, 0.3) is 0 Å². The third-order valence-corrected chi connectivity index (χ3v) is 5.80. The third kappa shape index (κ3) is 3.37. The molecule has 2 rings (SSSR count). The predicted molar refractivity (Wildman–Crippen MR) is 85.0 cm³/mol. The molecule has 3 atom stereocenters. The first-order valence-electron chi connectivity index (χ1n) is 8.59. The molecule has 3 heteroatoms. The highest BCUT2D eigenvalue weighted by Crippen LogP contribution is 2.43. The Bertz CT molecular complexity index is 297. The minimum absolute atomic E-state index is 0.286. The second-order valence-corrected chi connectivity index (χ2v) is 7.28. The van der Waals surface area contributed by atoms with E-state index < -0.39 is 0 Å². The molecule has 1 aliphatic carbocycles. The molecule has 0 bridgehead atoms. The summed E-state index contributed by atoms with van der Waals surface area (Å²) < 4.78 is 5.83. The van der Waals surface area contributed by atoms with Crippen molar-refractivity contribution < 1.29 is 4.74 Å². The fourth-order valence-corrected chi connectivity index (χ4v) is 3.87. The summed E-state index contributed by atoms with van der Waals surface area (Å²) in [5.41, 5.74) is 0.286.